The predicted octanol–water partition coefficient (Wildman–Crippen LogP) is 6.35. The monoisotopic (exact) mass is 477 g/mol. The quantitative estimate of drug-likeness (QED) is 0.354. The van der Waals surface area contributed by atoms with E-state index in [1.807, 2.05) is 38.1 Å². The third-order valence-corrected chi connectivity index (χ3v) is 6.09. The smallest absolute Gasteiger partial charge is 0.293 e. The SMILES string of the molecule is CCOc1cc(/C=C2\SC(=O)N(Cc3ccc(C)cc3)C2=O)ccc1OCc1cccc(F)c1. The van der Waals surface area contributed by atoms with Gasteiger partial charge >= 0.3 is 0 Å². The number of hydrogen-bond donors (Lipinski definition) is 0. The second-order valence-electron chi connectivity index (χ2n) is 7.81. The Labute approximate surface area is 202 Å². The molecule has 5 nitrogen and oxygen atoms in total. The largest absolute Gasteiger partial charge is 0.490 e. The lowest BCUT2D eigenvalue weighted by atomic mass is 10.1. The van der Waals surface area contributed by atoms with E-state index in [0.717, 1.165) is 22.9 Å². The predicted molar refractivity (Wildman–Crippen MR) is 131 cm³/mol. The van der Waals surface area contributed by atoms with Crippen LogP contribution in [0.1, 0.15) is 29.2 Å². The molecule has 0 bridgehead atoms. The van der Waals surface area contributed by atoms with Gasteiger partial charge in [-0.25, -0.2) is 4.39 Å². The Morgan fingerprint density at radius 3 is 2.47 bits per heavy atom. The minimum atomic E-state index is -0.321. The fourth-order valence-electron chi connectivity index (χ4n) is 3.45. The molecule has 4 rings (SSSR count). The number of hydrogen-bond acceptors (Lipinski definition) is 5. The van der Waals surface area contributed by atoms with Crippen molar-refractivity contribution in [1.82, 2.24) is 4.90 Å². The van der Waals surface area contributed by atoms with Crippen LogP contribution in [0, 0.1) is 12.7 Å². The van der Waals surface area contributed by atoms with Gasteiger partial charge in [-0.3, -0.25) is 14.5 Å². The van der Waals surface area contributed by atoms with Gasteiger partial charge < -0.3 is 9.47 Å². The van der Waals surface area contributed by atoms with Gasteiger partial charge in [-0.1, -0.05) is 48.0 Å². The molecule has 1 aliphatic rings. The maximum absolute atomic E-state index is 13.4. The molecular formula is C27H24FNO4S. The minimum Gasteiger partial charge on any atom is -0.490 e. The Morgan fingerprint density at radius 1 is 0.941 bits per heavy atom. The average Bonchev–Trinajstić information content (AvgIpc) is 3.07. The highest BCUT2D eigenvalue weighted by molar-refractivity contribution is 8.18. The first kappa shape index (κ1) is 23.6. The first-order valence-electron chi connectivity index (χ1n) is 10.9. The van der Waals surface area contributed by atoms with Crippen molar-refractivity contribution in [2.45, 2.75) is 27.0 Å². The van der Waals surface area contributed by atoms with E-state index in [1.54, 1.807) is 36.4 Å². The summed E-state index contributed by atoms with van der Waals surface area (Å²) in [6, 6.07) is 19.3. The van der Waals surface area contributed by atoms with Gasteiger partial charge in [0.05, 0.1) is 18.1 Å². The molecule has 0 aliphatic carbocycles. The van der Waals surface area contributed by atoms with Crippen LogP contribution in [0.2, 0.25) is 0 Å². The number of nitrogens with zero attached hydrogens (tertiary/aromatic N) is 1. The fourth-order valence-corrected chi connectivity index (χ4v) is 4.29. The van der Waals surface area contributed by atoms with Crippen LogP contribution in [-0.4, -0.2) is 22.7 Å². The lowest BCUT2D eigenvalue weighted by Crippen LogP contribution is -2.27. The molecular weight excluding hydrogens is 453 g/mol. The molecule has 0 aromatic heterocycles. The second kappa shape index (κ2) is 10.6. The molecule has 0 N–H and O–H groups in total. The third kappa shape index (κ3) is 5.66. The molecule has 0 radical (unpaired) electrons. The van der Waals surface area contributed by atoms with E-state index in [1.165, 1.54) is 17.0 Å². The summed E-state index contributed by atoms with van der Waals surface area (Å²) in [7, 11) is 0. The van der Waals surface area contributed by atoms with Crippen LogP contribution >= 0.6 is 11.8 Å². The van der Waals surface area contributed by atoms with Crippen molar-refractivity contribution in [3.63, 3.8) is 0 Å². The van der Waals surface area contributed by atoms with E-state index < -0.39 is 0 Å². The van der Waals surface area contributed by atoms with Gasteiger partial charge in [-0.15, -0.1) is 0 Å². The lowest BCUT2D eigenvalue weighted by Gasteiger charge is -2.13. The van der Waals surface area contributed by atoms with Crippen molar-refractivity contribution in [2.75, 3.05) is 6.61 Å². The van der Waals surface area contributed by atoms with Crippen molar-refractivity contribution >= 4 is 29.0 Å². The number of halogens is 1. The Bertz CT molecular complexity index is 1240. The van der Waals surface area contributed by atoms with E-state index in [-0.39, 0.29) is 30.1 Å². The summed E-state index contributed by atoms with van der Waals surface area (Å²) in [5, 5.41) is -0.295. The fraction of sp³-hybridized carbons (Fsp3) is 0.185. The zero-order valence-electron chi connectivity index (χ0n) is 18.9. The number of carbonyl (C=O) groups is 2. The van der Waals surface area contributed by atoms with Gasteiger partial charge in [0.15, 0.2) is 11.5 Å². The number of benzene rings is 3. The highest BCUT2D eigenvalue weighted by Crippen LogP contribution is 2.35. The summed E-state index contributed by atoms with van der Waals surface area (Å²) in [5.41, 5.74) is 3.43. The zero-order valence-corrected chi connectivity index (χ0v) is 19.7. The molecule has 1 fully saturated rings. The molecule has 34 heavy (non-hydrogen) atoms. The van der Waals surface area contributed by atoms with Crippen molar-refractivity contribution in [3.8, 4) is 11.5 Å². The van der Waals surface area contributed by atoms with Crippen LogP contribution in [0.4, 0.5) is 9.18 Å². The molecule has 3 aromatic carbocycles. The molecule has 1 aliphatic heterocycles. The summed E-state index contributed by atoms with van der Waals surface area (Å²) in [6.07, 6.45) is 1.68. The molecule has 0 atom stereocenters. The minimum absolute atomic E-state index is 0.190. The van der Waals surface area contributed by atoms with Gasteiger partial charge in [0.25, 0.3) is 11.1 Å². The maximum atomic E-state index is 13.4. The Morgan fingerprint density at radius 2 is 1.74 bits per heavy atom. The first-order chi connectivity index (χ1) is 16.4. The van der Waals surface area contributed by atoms with Crippen molar-refractivity contribution in [3.05, 3.63) is 99.7 Å². The number of amides is 2. The van der Waals surface area contributed by atoms with Gasteiger partial charge in [0, 0.05) is 0 Å². The van der Waals surface area contributed by atoms with Gasteiger partial charge in [-0.2, -0.15) is 0 Å². The highest BCUT2D eigenvalue weighted by Gasteiger charge is 2.35. The van der Waals surface area contributed by atoms with Crippen molar-refractivity contribution in [2.24, 2.45) is 0 Å². The van der Waals surface area contributed by atoms with E-state index in [2.05, 4.69) is 0 Å². The van der Waals surface area contributed by atoms with Gasteiger partial charge in [-0.05, 0) is 72.6 Å². The van der Waals surface area contributed by atoms with Crippen molar-refractivity contribution < 1.29 is 23.5 Å². The normalized spacial score (nSPS) is 14.7. The number of rotatable bonds is 8. The summed E-state index contributed by atoms with van der Waals surface area (Å²) in [6.45, 7) is 4.70. The number of thioether (sulfide) groups is 1. The summed E-state index contributed by atoms with van der Waals surface area (Å²) in [5.74, 6) is 0.375. The average molecular weight is 478 g/mol. The molecule has 7 heteroatoms. The van der Waals surface area contributed by atoms with Crippen LogP contribution in [0.5, 0.6) is 11.5 Å². The summed E-state index contributed by atoms with van der Waals surface area (Å²) < 4.78 is 25.0. The topological polar surface area (TPSA) is 55.8 Å². The molecule has 1 heterocycles. The molecule has 3 aromatic rings. The molecule has 0 saturated carbocycles. The van der Waals surface area contributed by atoms with E-state index in [4.69, 9.17) is 9.47 Å². The van der Waals surface area contributed by atoms with Crippen LogP contribution in [0.3, 0.4) is 0 Å². The molecule has 174 valence electrons. The Kier molecular flexibility index (Phi) is 7.33. The zero-order chi connectivity index (χ0) is 24.1. The number of ether oxygens (including phenoxy) is 2. The molecule has 2 amide bonds. The number of aryl methyl sites for hydroxylation is 1. The molecule has 0 spiro atoms. The summed E-state index contributed by atoms with van der Waals surface area (Å²) in [4.78, 5) is 27.0. The standard InChI is InChI=1S/C27H24FNO4S/c1-3-32-24-14-20(11-12-23(24)33-17-21-5-4-6-22(28)13-21)15-25-26(30)29(27(31)34-25)16-19-9-7-18(2)8-10-19/h4-15H,3,16-17H2,1-2H3/b25-15-. The third-order valence-electron chi connectivity index (χ3n) is 5.18. The Hall–Kier alpha value is -3.58. The highest BCUT2D eigenvalue weighted by atomic mass is 32.2. The number of carbonyl (C=O) groups excluding carboxylic acids is 2. The number of imide groups is 1. The molecule has 1 saturated heterocycles. The Balaban J connectivity index is 1.50. The first-order valence-corrected chi connectivity index (χ1v) is 11.7. The molecule has 0 unspecified atom stereocenters. The van der Waals surface area contributed by atoms with Gasteiger partial charge in [0.2, 0.25) is 0 Å². The van der Waals surface area contributed by atoms with Gasteiger partial charge in [0.1, 0.15) is 12.4 Å². The van der Waals surface area contributed by atoms with Crippen LogP contribution in [0.15, 0.2) is 71.6 Å². The lowest BCUT2D eigenvalue weighted by molar-refractivity contribution is -0.123. The summed E-state index contributed by atoms with van der Waals surface area (Å²) >= 11 is 0.922. The van der Waals surface area contributed by atoms with E-state index >= 15 is 0 Å². The van der Waals surface area contributed by atoms with E-state index in [0.29, 0.717) is 34.1 Å². The van der Waals surface area contributed by atoms with Crippen LogP contribution in [0.25, 0.3) is 6.08 Å². The second-order valence-corrected chi connectivity index (χ2v) is 8.80. The van der Waals surface area contributed by atoms with Crippen LogP contribution < -0.4 is 9.47 Å². The maximum Gasteiger partial charge on any atom is 0.293 e. The van der Waals surface area contributed by atoms with E-state index in [9.17, 15) is 14.0 Å². The van der Waals surface area contributed by atoms with Crippen molar-refractivity contribution in [1.29, 1.82) is 0 Å². The van der Waals surface area contributed by atoms with Crippen LogP contribution in [-0.2, 0) is 17.9 Å².